The summed E-state index contributed by atoms with van der Waals surface area (Å²) in [6, 6.07) is 5.79. The second kappa shape index (κ2) is 8.07. The molecule has 0 radical (unpaired) electrons. The van der Waals surface area contributed by atoms with Crippen molar-refractivity contribution < 1.29 is 29.0 Å². The lowest BCUT2D eigenvalue weighted by molar-refractivity contribution is -0.155. The van der Waals surface area contributed by atoms with Crippen LogP contribution in [0.1, 0.15) is 26.7 Å². The van der Waals surface area contributed by atoms with Crippen molar-refractivity contribution in [2.45, 2.75) is 57.1 Å². The zero-order valence-corrected chi connectivity index (χ0v) is 18.5. The van der Waals surface area contributed by atoms with E-state index in [9.17, 15) is 19.5 Å². The molecule has 0 saturated carbocycles. The van der Waals surface area contributed by atoms with Crippen LogP contribution in [0.2, 0.25) is 0 Å². The molecule has 2 amide bonds. The monoisotopic (exact) mass is 457 g/mol. The lowest BCUT2D eigenvalue weighted by Crippen LogP contribution is -2.57. The fourth-order valence-corrected chi connectivity index (χ4v) is 5.74. The van der Waals surface area contributed by atoms with Gasteiger partial charge in [-0.05, 0) is 38.8 Å². The summed E-state index contributed by atoms with van der Waals surface area (Å²) < 4.78 is 13.1. The summed E-state index contributed by atoms with van der Waals surface area (Å²) in [4.78, 5) is 41.2. The summed E-state index contributed by atoms with van der Waals surface area (Å²) in [6.07, 6.45) is 0.578. The molecule has 4 heterocycles. The molecule has 6 atom stereocenters. The smallest absolute Gasteiger partial charge is 0.312 e. The lowest BCUT2D eigenvalue weighted by Gasteiger charge is -2.35. The number of carbonyl (C=O) groups excluding carboxylic acids is 3. The third kappa shape index (κ3) is 3.13. The molecule has 3 aliphatic rings. The van der Waals surface area contributed by atoms with E-state index in [-0.39, 0.29) is 25.8 Å². The number of aliphatic hydroxyl groups excluding tert-OH is 1. The Bertz CT molecular complexity index is 1100. The van der Waals surface area contributed by atoms with Crippen molar-refractivity contribution in [3.05, 3.63) is 24.3 Å². The van der Waals surface area contributed by atoms with Gasteiger partial charge in [0.25, 0.3) is 0 Å². The normalized spacial score (nSPS) is 31.1. The van der Waals surface area contributed by atoms with Gasteiger partial charge in [-0.2, -0.15) is 0 Å². The SMILES string of the molecule is CCOC(=O)[C@@H]1[C@H]2C(=O)N([C@H](C)CO)[C@H](C(=O)NCn3nnc4ccccc43)[C@]23CC[C@H]1O3. The van der Waals surface area contributed by atoms with Gasteiger partial charge in [0.1, 0.15) is 23.8 Å². The van der Waals surface area contributed by atoms with Gasteiger partial charge in [0.05, 0.1) is 42.7 Å². The standard InChI is InChI=1S/C22H27N5O6/c1-3-32-21(31)16-15-8-9-22(33-15)17(16)20(30)27(12(2)10-28)18(22)19(29)23-11-26-14-7-5-4-6-13(14)24-25-26/h4-7,12,15-18,28H,3,8-11H2,1-2H3,(H,23,29)/t12-,15-,16+,17+,18-,22+/m1/s1. The number of fused-ring (bicyclic) bond motifs is 2. The van der Waals surface area contributed by atoms with Crippen LogP contribution in [0.25, 0.3) is 11.0 Å². The molecule has 11 heteroatoms. The molecule has 0 unspecified atom stereocenters. The largest absolute Gasteiger partial charge is 0.466 e. The highest BCUT2D eigenvalue weighted by Gasteiger charge is 2.75. The number of carbonyl (C=O) groups is 3. The average Bonchev–Trinajstić information content (AvgIpc) is 3.56. The summed E-state index contributed by atoms with van der Waals surface area (Å²) >= 11 is 0. The first-order valence-corrected chi connectivity index (χ1v) is 11.3. The Morgan fingerprint density at radius 3 is 2.94 bits per heavy atom. The maximum Gasteiger partial charge on any atom is 0.312 e. The van der Waals surface area contributed by atoms with Crippen molar-refractivity contribution in [2.24, 2.45) is 11.8 Å². The minimum Gasteiger partial charge on any atom is -0.466 e. The van der Waals surface area contributed by atoms with Gasteiger partial charge in [0.15, 0.2) is 0 Å². The van der Waals surface area contributed by atoms with E-state index in [0.717, 1.165) is 5.52 Å². The number of rotatable bonds is 7. The maximum absolute atomic E-state index is 13.5. The number of aromatic nitrogens is 3. The zero-order valence-electron chi connectivity index (χ0n) is 18.5. The fraction of sp³-hybridized carbons (Fsp3) is 0.591. The first-order chi connectivity index (χ1) is 15.9. The number of aliphatic hydroxyl groups is 1. The van der Waals surface area contributed by atoms with Gasteiger partial charge in [-0.1, -0.05) is 17.3 Å². The number of amides is 2. The molecule has 1 aromatic heterocycles. The van der Waals surface area contributed by atoms with Crippen LogP contribution in [-0.2, 0) is 30.5 Å². The number of nitrogens with one attached hydrogen (secondary N) is 1. The molecule has 1 spiro atoms. The van der Waals surface area contributed by atoms with E-state index in [1.54, 1.807) is 18.5 Å². The second-order valence-electron chi connectivity index (χ2n) is 8.86. The molecule has 2 N–H and O–H groups in total. The van der Waals surface area contributed by atoms with Crippen LogP contribution in [0.5, 0.6) is 0 Å². The van der Waals surface area contributed by atoms with Gasteiger partial charge in [0, 0.05) is 0 Å². The average molecular weight is 457 g/mol. The van der Waals surface area contributed by atoms with Gasteiger partial charge in [-0.3, -0.25) is 14.4 Å². The summed E-state index contributed by atoms with van der Waals surface area (Å²) in [5, 5.41) is 20.9. The van der Waals surface area contributed by atoms with Gasteiger partial charge in [0.2, 0.25) is 11.8 Å². The molecule has 3 aliphatic heterocycles. The van der Waals surface area contributed by atoms with Crippen LogP contribution < -0.4 is 5.32 Å². The van der Waals surface area contributed by atoms with Gasteiger partial charge in [-0.15, -0.1) is 5.10 Å². The molecular weight excluding hydrogens is 430 g/mol. The molecule has 33 heavy (non-hydrogen) atoms. The minimum absolute atomic E-state index is 0.0524. The number of hydrogen-bond acceptors (Lipinski definition) is 8. The number of para-hydroxylation sites is 1. The van der Waals surface area contributed by atoms with Gasteiger partial charge < -0.3 is 24.8 Å². The number of ether oxygens (including phenoxy) is 2. The molecule has 2 bridgehead atoms. The first kappa shape index (κ1) is 21.8. The molecule has 3 fully saturated rings. The number of likely N-dealkylation sites (tertiary alicyclic amines) is 1. The van der Waals surface area contributed by atoms with Crippen molar-refractivity contribution in [3.63, 3.8) is 0 Å². The van der Waals surface area contributed by atoms with Crippen LogP contribution in [0.15, 0.2) is 24.3 Å². The van der Waals surface area contributed by atoms with E-state index in [1.165, 1.54) is 4.90 Å². The lowest BCUT2D eigenvalue weighted by atomic mass is 9.71. The zero-order chi connectivity index (χ0) is 23.3. The van der Waals surface area contributed by atoms with Crippen molar-refractivity contribution >= 4 is 28.8 Å². The quantitative estimate of drug-likeness (QED) is 0.547. The Kier molecular flexibility index (Phi) is 5.32. The third-order valence-corrected chi connectivity index (χ3v) is 7.11. The van der Waals surface area contributed by atoms with E-state index >= 15 is 0 Å². The molecule has 0 aliphatic carbocycles. The van der Waals surface area contributed by atoms with Crippen LogP contribution in [0.3, 0.4) is 0 Å². The molecule has 1 aromatic carbocycles. The minimum atomic E-state index is -1.13. The summed E-state index contributed by atoms with van der Waals surface area (Å²) in [5.41, 5.74) is 0.335. The summed E-state index contributed by atoms with van der Waals surface area (Å²) in [7, 11) is 0. The second-order valence-corrected chi connectivity index (χ2v) is 8.86. The maximum atomic E-state index is 13.5. The number of nitrogens with zero attached hydrogens (tertiary/aromatic N) is 4. The molecule has 176 valence electrons. The Morgan fingerprint density at radius 1 is 1.39 bits per heavy atom. The van der Waals surface area contributed by atoms with E-state index in [4.69, 9.17) is 9.47 Å². The van der Waals surface area contributed by atoms with E-state index in [1.807, 2.05) is 24.3 Å². The predicted octanol–water partition coefficient (Wildman–Crippen LogP) is -0.176. The van der Waals surface area contributed by atoms with Crippen LogP contribution >= 0.6 is 0 Å². The highest BCUT2D eigenvalue weighted by molar-refractivity contribution is 5.98. The summed E-state index contributed by atoms with van der Waals surface area (Å²) in [5.74, 6) is -2.82. The Balaban J connectivity index is 1.45. The van der Waals surface area contributed by atoms with Crippen LogP contribution in [0.4, 0.5) is 0 Å². The highest BCUT2D eigenvalue weighted by atomic mass is 16.6. The van der Waals surface area contributed by atoms with E-state index in [0.29, 0.717) is 18.4 Å². The van der Waals surface area contributed by atoms with E-state index in [2.05, 4.69) is 15.6 Å². The number of benzene rings is 1. The Morgan fingerprint density at radius 2 is 2.18 bits per heavy atom. The molecule has 5 rings (SSSR count). The Hall–Kier alpha value is -3.05. The van der Waals surface area contributed by atoms with Crippen molar-refractivity contribution in [1.29, 1.82) is 0 Å². The third-order valence-electron chi connectivity index (χ3n) is 7.11. The Labute approximate surface area is 190 Å². The molecular formula is C22H27N5O6. The van der Waals surface area contributed by atoms with Crippen molar-refractivity contribution in [2.75, 3.05) is 13.2 Å². The first-order valence-electron chi connectivity index (χ1n) is 11.3. The van der Waals surface area contributed by atoms with Crippen LogP contribution in [-0.4, -0.2) is 79.8 Å². The van der Waals surface area contributed by atoms with Crippen LogP contribution in [0, 0.1) is 11.8 Å². The number of hydrogen-bond donors (Lipinski definition) is 2. The summed E-state index contributed by atoms with van der Waals surface area (Å²) in [6.45, 7) is 3.31. The highest BCUT2D eigenvalue weighted by Crippen LogP contribution is 2.58. The predicted molar refractivity (Wildman–Crippen MR) is 113 cm³/mol. The van der Waals surface area contributed by atoms with Gasteiger partial charge >= 0.3 is 5.97 Å². The topological polar surface area (TPSA) is 136 Å². The fourth-order valence-electron chi connectivity index (χ4n) is 5.74. The van der Waals surface area contributed by atoms with Crippen molar-refractivity contribution in [3.8, 4) is 0 Å². The van der Waals surface area contributed by atoms with Crippen molar-refractivity contribution in [1.82, 2.24) is 25.2 Å². The molecule has 3 saturated heterocycles. The van der Waals surface area contributed by atoms with Gasteiger partial charge in [-0.25, -0.2) is 4.68 Å². The number of esters is 1. The molecule has 2 aromatic rings. The molecule has 11 nitrogen and oxygen atoms in total. The van der Waals surface area contributed by atoms with E-state index < -0.39 is 47.5 Å².